The Morgan fingerprint density at radius 3 is 2.36 bits per heavy atom. The van der Waals surface area contributed by atoms with Crippen LogP contribution in [-0.4, -0.2) is 50.1 Å². The number of nitrogens with zero attached hydrogens (tertiary/aromatic N) is 2. The average Bonchev–Trinajstić information content (AvgIpc) is 3.41. The molecule has 5 rings (SSSR count). The summed E-state index contributed by atoms with van der Waals surface area (Å²) in [6, 6.07) is 10.3. The highest BCUT2D eigenvalue weighted by atomic mass is 16.7. The molecule has 2 aromatic carbocycles. The standard InChI is InChI=1S/C19H17N3O6/c23-18(20-12-1-3-14-16(7-12)27-10-25-14)9-21-5-6-22(19(21)24)13-2-4-15-17(8-13)28-11-26-15/h1-4,7-8H,5-6,9-11H2,(H,20,23). The minimum absolute atomic E-state index is 0.0334. The lowest BCUT2D eigenvalue weighted by atomic mass is 10.2. The third-order valence-electron chi connectivity index (χ3n) is 4.75. The van der Waals surface area contributed by atoms with Crippen LogP contribution >= 0.6 is 0 Å². The van der Waals surface area contributed by atoms with Gasteiger partial charge in [0.1, 0.15) is 6.54 Å². The van der Waals surface area contributed by atoms with Crippen molar-refractivity contribution < 1.29 is 28.5 Å². The first-order valence-electron chi connectivity index (χ1n) is 8.83. The molecular formula is C19H17N3O6. The molecule has 0 aliphatic carbocycles. The van der Waals surface area contributed by atoms with Crippen molar-refractivity contribution in [2.75, 3.05) is 43.4 Å². The fraction of sp³-hybridized carbons (Fsp3) is 0.263. The van der Waals surface area contributed by atoms with Crippen LogP contribution in [0.4, 0.5) is 16.2 Å². The zero-order chi connectivity index (χ0) is 19.1. The Hall–Kier alpha value is -3.62. The summed E-state index contributed by atoms with van der Waals surface area (Å²) in [5.74, 6) is 2.23. The number of hydrogen-bond donors (Lipinski definition) is 1. The number of carbonyl (C=O) groups excluding carboxylic acids is 2. The Morgan fingerprint density at radius 2 is 1.57 bits per heavy atom. The van der Waals surface area contributed by atoms with E-state index in [2.05, 4.69) is 5.32 Å². The van der Waals surface area contributed by atoms with E-state index in [1.807, 2.05) is 6.07 Å². The lowest BCUT2D eigenvalue weighted by Crippen LogP contribution is -2.37. The second kappa shape index (κ2) is 6.52. The lowest BCUT2D eigenvalue weighted by molar-refractivity contribution is -0.116. The molecule has 1 fully saturated rings. The van der Waals surface area contributed by atoms with Gasteiger partial charge in [-0.15, -0.1) is 0 Å². The van der Waals surface area contributed by atoms with Crippen molar-refractivity contribution in [1.29, 1.82) is 0 Å². The molecule has 9 nitrogen and oxygen atoms in total. The van der Waals surface area contributed by atoms with E-state index < -0.39 is 0 Å². The van der Waals surface area contributed by atoms with E-state index in [1.54, 1.807) is 35.2 Å². The Morgan fingerprint density at radius 1 is 0.893 bits per heavy atom. The van der Waals surface area contributed by atoms with Crippen LogP contribution in [0.3, 0.4) is 0 Å². The maximum Gasteiger partial charge on any atom is 0.325 e. The van der Waals surface area contributed by atoms with Gasteiger partial charge in [-0.2, -0.15) is 0 Å². The molecule has 0 saturated carbocycles. The maximum absolute atomic E-state index is 12.7. The second-order valence-electron chi connectivity index (χ2n) is 6.51. The molecule has 2 aromatic rings. The highest BCUT2D eigenvalue weighted by Gasteiger charge is 2.31. The molecule has 28 heavy (non-hydrogen) atoms. The van der Waals surface area contributed by atoms with Crippen molar-refractivity contribution in [3.63, 3.8) is 0 Å². The number of carbonyl (C=O) groups is 2. The molecule has 0 unspecified atom stereocenters. The van der Waals surface area contributed by atoms with Crippen molar-refractivity contribution in [1.82, 2.24) is 4.90 Å². The van der Waals surface area contributed by atoms with Gasteiger partial charge in [0.25, 0.3) is 0 Å². The fourth-order valence-corrected chi connectivity index (χ4v) is 3.37. The van der Waals surface area contributed by atoms with Gasteiger partial charge in [0.2, 0.25) is 19.5 Å². The zero-order valence-electron chi connectivity index (χ0n) is 14.8. The molecule has 3 aliphatic rings. The highest BCUT2D eigenvalue weighted by molar-refractivity contribution is 5.99. The summed E-state index contributed by atoms with van der Waals surface area (Å²) in [5.41, 5.74) is 1.31. The second-order valence-corrected chi connectivity index (χ2v) is 6.51. The van der Waals surface area contributed by atoms with E-state index in [1.165, 1.54) is 4.90 Å². The third kappa shape index (κ3) is 2.90. The number of ether oxygens (including phenoxy) is 4. The van der Waals surface area contributed by atoms with Crippen LogP contribution in [0.2, 0.25) is 0 Å². The summed E-state index contributed by atoms with van der Waals surface area (Å²) < 4.78 is 21.2. The predicted molar refractivity (Wildman–Crippen MR) is 98.1 cm³/mol. The molecule has 0 radical (unpaired) electrons. The molecule has 0 spiro atoms. The number of fused-ring (bicyclic) bond motifs is 2. The Bertz CT molecular complexity index is 963. The minimum Gasteiger partial charge on any atom is -0.454 e. The number of benzene rings is 2. The number of anilines is 2. The van der Waals surface area contributed by atoms with Gasteiger partial charge in [-0.25, -0.2) is 4.79 Å². The molecule has 0 bridgehead atoms. The van der Waals surface area contributed by atoms with Gasteiger partial charge in [0.15, 0.2) is 23.0 Å². The number of urea groups is 1. The normalized spacial score (nSPS) is 16.6. The third-order valence-corrected chi connectivity index (χ3v) is 4.75. The molecular weight excluding hydrogens is 366 g/mol. The topological polar surface area (TPSA) is 89.6 Å². The van der Waals surface area contributed by atoms with Crippen LogP contribution in [0.25, 0.3) is 0 Å². The molecule has 1 N–H and O–H groups in total. The van der Waals surface area contributed by atoms with Crippen molar-refractivity contribution in [3.8, 4) is 23.0 Å². The fourth-order valence-electron chi connectivity index (χ4n) is 3.37. The van der Waals surface area contributed by atoms with Gasteiger partial charge >= 0.3 is 6.03 Å². The molecule has 3 aliphatic heterocycles. The smallest absolute Gasteiger partial charge is 0.325 e. The molecule has 3 amide bonds. The van der Waals surface area contributed by atoms with Crippen LogP contribution in [-0.2, 0) is 4.79 Å². The molecule has 3 heterocycles. The van der Waals surface area contributed by atoms with E-state index in [0.717, 1.165) is 0 Å². The van der Waals surface area contributed by atoms with Crippen molar-refractivity contribution in [3.05, 3.63) is 36.4 Å². The van der Waals surface area contributed by atoms with Gasteiger partial charge in [-0.1, -0.05) is 0 Å². The summed E-state index contributed by atoms with van der Waals surface area (Å²) in [7, 11) is 0. The Balaban J connectivity index is 1.23. The molecule has 0 atom stereocenters. The largest absolute Gasteiger partial charge is 0.454 e. The predicted octanol–water partition coefficient (Wildman–Crippen LogP) is 2.02. The first-order chi connectivity index (χ1) is 13.7. The van der Waals surface area contributed by atoms with Crippen LogP contribution in [0.5, 0.6) is 23.0 Å². The molecule has 0 aromatic heterocycles. The molecule has 9 heteroatoms. The van der Waals surface area contributed by atoms with Gasteiger partial charge in [0, 0.05) is 36.6 Å². The first-order valence-corrected chi connectivity index (χ1v) is 8.83. The Kier molecular flexibility index (Phi) is 3.85. The quantitative estimate of drug-likeness (QED) is 0.869. The molecule has 1 saturated heterocycles. The number of rotatable bonds is 4. The van der Waals surface area contributed by atoms with Crippen molar-refractivity contribution in [2.24, 2.45) is 0 Å². The first kappa shape index (κ1) is 16.5. The number of amides is 3. The van der Waals surface area contributed by atoms with Crippen molar-refractivity contribution >= 4 is 23.3 Å². The van der Waals surface area contributed by atoms with Gasteiger partial charge in [0.05, 0.1) is 0 Å². The van der Waals surface area contributed by atoms with Gasteiger partial charge in [-0.05, 0) is 24.3 Å². The minimum atomic E-state index is -0.278. The van der Waals surface area contributed by atoms with Gasteiger partial charge in [-0.3, -0.25) is 9.69 Å². The SMILES string of the molecule is O=C(CN1CCN(c2ccc3c(c2)OCO3)C1=O)Nc1ccc2c(c1)OCO2. The number of nitrogens with one attached hydrogen (secondary N) is 1. The highest BCUT2D eigenvalue weighted by Crippen LogP contribution is 2.36. The van der Waals surface area contributed by atoms with Crippen LogP contribution in [0.1, 0.15) is 0 Å². The van der Waals surface area contributed by atoms with E-state index in [-0.39, 0.29) is 32.1 Å². The maximum atomic E-state index is 12.7. The summed E-state index contributed by atoms with van der Waals surface area (Å²) in [6.07, 6.45) is 0. The van der Waals surface area contributed by atoms with Gasteiger partial charge < -0.3 is 29.2 Å². The average molecular weight is 383 g/mol. The monoisotopic (exact) mass is 383 g/mol. The molecule has 144 valence electrons. The van der Waals surface area contributed by atoms with E-state index in [9.17, 15) is 9.59 Å². The Labute approximate surface area is 160 Å². The number of hydrogen-bond acceptors (Lipinski definition) is 6. The summed E-state index contributed by atoms with van der Waals surface area (Å²) in [4.78, 5) is 28.2. The van der Waals surface area contributed by atoms with E-state index in [4.69, 9.17) is 18.9 Å². The van der Waals surface area contributed by atoms with Crippen molar-refractivity contribution in [2.45, 2.75) is 0 Å². The van der Waals surface area contributed by atoms with Crippen LogP contribution in [0, 0.1) is 0 Å². The van der Waals surface area contributed by atoms with Crippen LogP contribution < -0.4 is 29.2 Å². The summed E-state index contributed by atoms with van der Waals surface area (Å²) in [5, 5.41) is 2.78. The summed E-state index contributed by atoms with van der Waals surface area (Å²) in [6.45, 7) is 1.27. The zero-order valence-corrected chi connectivity index (χ0v) is 14.8. The van der Waals surface area contributed by atoms with E-state index >= 15 is 0 Å². The lowest BCUT2D eigenvalue weighted by Gasteiger charge is -2.18. The van der Waals surface area contributed by atoms with Crippen LogP contribution in [0.15, 0.2) is 36.4 Å². The summed E-state index contributed by atoms with van der Waals surface area (Å²) >= 11 is 0. The van der Waals surface area contributed by atoms with E-state index in [0.29, 0.717) is 47.5 Å².